The van der Waals surface area contributed by atoms with E-state index in [1.165, 1.54) is 0 Å². The van der Waals surface area contributed by atoms with Crippen LogP contribution in [0, 0.1) is 0 Å². The lowest BCUT2D eigenvalue weighted by atomic mass is 10.3. The van der Waals surface area contributed by atoms with Crippen LogP contribution in [-0.2, 0) is 11.3 Å². The molecule has 0 saturated carbocycles. The van der Waals surface area contributed by atoms with Crippen LogP contribution >= 0.6 is 23.2 Å². The minimum absolute atomic E-state index is 0.177. The molecule has 21 heavy (non-hydrogen) atoms. The Bertz CT molecular complexity index is 566. The molecule has 0 unspecified atom stereocenters. The van der Waals surface area contributed by atoms with Gasteiger partial charge in [0.2, 0.25) is 5.91 Å². The van der Waals surface area contributed by atoms with Gasteiger partial charge in [0.15, 0.2) is 0 Å². The molecule has 0 saturated heterocycles. The van der Waals surface area contributed by atoms with E-state index < -0.39 is 0 Å². The van der Waals surface area contributed by atoms with E-state index in [0.29, 0.717) is 15.7 Å². The number of hydrogen-bond donors (Lipinski definition) is 2. The quantitative estimate of drug-likeness (QED) is 0.769. The van der Waals surface area contributed by atoms with Gasteiger partial charge in [-0.15, -0.1) is 0 Å². The summed E-state index contributed by atoms with van der Waals surface area (Å²) in [6.07, 6.45) is 4.54. The third kappa shape index (κ3) is 5.04. The number of benzene rings is 1. The molecular formula is C14H16Cl2N4O. The number of halogens is 2. The molecule has 112 valence electrons. The number of carbonyl (C=O) groups is 1. The lowest BCUT2D eigenvalue weighted by molar-refractivity contribution is -0.115. The molecule has 0 aliphatic heterocycles. The predicted molar refractivity (Wildman–Crippen MR) is 84.8 cm³/mol. The zero-order valence-electron chi connectivity index (χ0n) is 11.4. The van der Waals surface area contributed by atoms with E-state index in [1.54, 1.807) is 24.4 Å². The zero-order valence-corrected chi connectivity index (χ0v) is 12.9. The Balaban J connectivity index is 1.68. The molecule has 0 atom stereocenters. The van der Waals surface area contributed by atoms with Gasteiger partial charge in [-0.2, -0.15) is 5.10 Å². The van der Waals surface area contributed by atoms with Crippen molar-refractivity contribution in [2.75, 3.05) is 18.4 Å². The smallest absolute Gasteiger partial charge is 0.238 e. The summed E-state index contributed by atoms with van der Waals surface area (Å²) in [7, 11) is 0. The molecule has 5 nitrogen and oxygen atoms in total. The number of aromatic nitrogens is 2. The van der Waals surface area contributed by atoms with Crippen molar-refractivity contribution in [3.05, 3.63) is 46.7 Å². The highest BCUT2D eigenvalue weighted by Gasteiger charge is 2.08. The monoisotopic (exact) mass is 326 g/mol. The fraction of sp³-hybridized carbons (Fsp3) is 0.286. The number of carbonyl (C=O) groups excluding carboxylic acids is 1. The van der Waals surface area contributed by atoms with Crippen LogP contribution in [0.5, 0.6) is 0 Å². The summed E-state index contributed by atoms with van der Waals surface area (Å²) in [4.78, 5) is 11.8. The number of nitrogens with zero attached hydrogens (tertiary/aromatic N) is 2. The molecule has 2 rings (SSSR count). The Morgan fingerprint density at radius 3 is 2.67 bits per heavy atom. The minimum Gasteiger partial charge on any atom is -0.322 e. The van der Waals surface area contributed by atoms with Crippen LogP contribution in [0.15, 0.2) is 36.7 Å². The van der Waals surface area contributed by atoms with Gasteiger partial charge in [-0.25, -0.2) is 0 Å². The summed E-state index contributed by atoms with van der Waals surface area (Å²) in [6.45, 7) is 1.75. The first kappa shape index (κ1) is 15.8. The van der Waals surface area contributed by atoms with Crippen molar-refractivity contribution in [3.8, 4) is 0 Å². The number of para-hydroxylation sites is 1. The predicted octanol–water partition coefficient (Wildman–Crippen LogP) is 2.81. The Hall–Kier alpha value is -1.56. The lowest BCUT2D eigenvalue weighted by Crippen LogP contribution is -2.29. The average Bonchev–Trinajstić information content (AvgIpc) is 2.96. The third-order valence-electron chi connectivity index (χ3n) is 2.81. The van der Waals surface area contributed by atoms with Crippen LogP contribution in [-0.4, -0.2) is 28.8 Å². The second-order valence-corrected chi connectivity index (χ2v) is 5.26. The van der Waals surface area contributed by atoms with Gasteiger partial charge in [0, 0.05) is 18.9 Å². The van der Waals surface area contributed by atoms with E-state index in [1.807, 2.05) is 16.9 Å². The molecule has 2 aromatic rings. The molecule has 7 heteroatoms. The van der Waals surface area contributed by atoms with Crippen molar-refractivity contribution in [2.45, 2.75) is 13.0 Å². The fourth-order valence-electron chi connectivity index (χ4n) is 1.80. The number of amides is 1. The summed E-state index contributed by atoms with van der Waals surface area (Å²) in [5, 5.41) is 10.7. The highest BCUT2D eigenvalue weighted by atomic mass is 35.5. The van der Waals surface area contributed by atoms with Crippen molar-refractivity contribution in [2.24, 2.45) is 0 Å². The first-order chi connectivity index (χ1) is 10.2. The van der Waals surface area contributed by atoms with Gasteiger partial charge in [0.05, 0.1) is 22.3 Å². The molecule has 0 radical (unpaired) electrons. The molecule has 0 spiro atoms. The van der Waals surface area contributed by atoms with Crippen molar-refractivity contribution < 1.29 is 4.79 Å². The maximum atomic E-state index is 11.8. The highest BCUT2D eigenvalue weighted by Crippen LogP contribution is 2.29. The average molecular weight is 327 g/mol. The number of anilines is 1. The number of hydrogen-bond acceptors (Lipinski definition) is 3. The van der Waals surface area contributed by atoms with Crippen LogP contribution in [0.25, 0.3) is 0 Å². The fourth-order valence-corrected chi connectivity index (χ4v) is 2.29. The molecule has 0 bridgehead atoms. The summed E-state index contributed by atoms with van der Waals surface area (Å²) in [5.41, 5.74) is 0.448. The standard InChI is InChI=1S/C14H16Cl2N4O/c15-11-4-1-5-12(16)14(11)19-13(21)10-17-6-2-8-20-9-3-7-18-20/h1,3-5,7,9,17H,2,6,8,10H2,(H,19,21). The Morgan fingerprint density at radius 1 is 1.24 bits per heavy atom. The van der Waals surface area contributed by atoms with Crippen LogP contribution in [0.4, 0.5) is 5.69 Å². The largest absolute Gasteiger partial charge is 0.322 e. The molecule has 1 heterocycles. The maximum Gasteiger partial charge on any atom is 0.238 e. The van der Waals surface area contributed by atoms with E-state index in [2.05, 4.69) is 15.7 Å². The molecule has 1 amide bonds. The summed E-state index contributed by atoms with van der Waals surface area (Å²) in [6, 6.07) is 6.98. The molecule has 1 aromatic carbocycles. The SMILES string of the molecule is O=C(CNCCCn1cccn1)Nc1c(Cl)cccc1Cl. The summed E-state index contributed by atoms with van der Waals surface area (Å²) < 4.78 is 1.85. The van der Waals surface area contributed by atoms with Crippen molar-refractivity contribution in [1.29, 1.82) is 0 Å². The third-order valence-corrected chi connectivity index (χ3v) is 3.44. The Morgan fingerprint density at radius 2 is 2.00 bits per heavy atom. The molecule has 0 fully saturated rings. The molecule has 1 aromatic heterocycles. The van der Waals surface area contributed by atoms with E-state index in [4.69, 9.17) is 23.2 Å². The van der Waals surface area contributed by atoms with E-state index in [9.17, 15) is 4.79 Å². The van der Waals surface area contributed by atoms with Crippen LogP contribution < -0.4 is 10.6 Å². The van der Waals surface area contributed by atoms with E-state index in [-0.39, 0.29) is 12.5 Å². The number of rotatable bonds is 7. The van der Waals surface area contributed by atoms with E-state index >= 15 is 0 Å². The van der Waals surface area contributed by atoms with Crippen LogP contribution in [0.1, 0.15) is 6.42 Å². The van der Waals surface area contributed by atoms with Gasteiger partial charge in [0.1, 0.15) is 0 Å². The first-order valence-corrected chi connectivity index (χ1v) is 7.34. The van der Waals surface area contributed by atoms with Gasteiger partial charge < -0.3 is 10.6 Å². The van der Waals surface area contributed by atoms with Gasteiger partial charge >= 0.3 is 0 Å². The van der Waals surface area contributed by atoms with Gasteiger partial charge in [-0.3, -0.25) is 9.48 Å². The van der Waals surface area contributed by atoms with Crippen molar-refractivity contribution in [3.63, 3.8) is 0 Å². The van der Waals surface area contributed by atoms with Crippen LogP contribution in [0.2, 0.25) is 10.0 Å². The van der Waals surface area contributed by atoms with E-state index in [0.717, 1.165) is 19.5 Å². The topological polar surface area (TPSA) is 59.0 Å². The maximum absolute atomic E-state index is 11.8. The number of nitrogens with one attached hydrogen (secondary N) is 2. The summed E-state index contributed by atoms with van der Waals surface area (Å²) >= 11 is 12.0. The second kappa shape index (κ2) is 8.02. The zero-order chi connectivity index (χ0) is 15.1. The van der Waals surface area contributed by atoms with Crippen molar-refractivity contribution >= 4 is 34.8 Å². The van der Waals surface area contributed by atoms with Crippen molar-refractivity contribution in [1.82, 2.24) is 15.1 Å². The molecule has 0 aliphatic rings. The summed E-state index contributed by atoms with van der Waals surface area (Å²) in [5.74, 6) is -0.177. The Labute approximate surface area is 133 Å². The molecular weight excluding hydrogens is 311 g/mol. The Kier molecular flexibility index (Phi) is 6.04. The van der Waals surface area contributed by atoms with Crippen LogP contribution in [0.3, 0.4) is 0 Å². The normalized spacial score (nSPS) is 10.6. The molecule has 0 aliphatic carbocycles. The molecule has 2 N–H and O–H groups in total. The van der Waals surface area contributed by atoms with Gasteiger partial charge in [0.25, 0.3) is 0 Å². The minimum atomic E-state index is -0.177. The van der Waals surface area contributed by atoms with Gasteiger partial charge in [-0.1, -0.05) is 29.3 Å². The second-order valence-electron chi connectivity index (χ2n) is 4.44. The lowest BCUT2D eigenvalue weighted by Gasteiger charge is -2.09. The van der Waals surface area contributed by atoms with Gasteiger partial charge in [-0.05, 0) is 31.2 Å². The number of aryl methyl sites for hydroxylation is 1. The first-order valence-electron chi connectivity index (χ1n) is 6.59. The highest BCUT2D eigenvalue weighted by molar-refractivity contribution is 6.39.